The van der Waals surface area contributed by atoms with Crippen LogP contribution in [0.3, 0.4) is 0 Å². The Bertz CT molecular complexity index is 327. The van der Waals surface area contributed by atoms with Gasteiger partial charge in [0.25, 0.3) is 0 Å². The minimum absolute atomic E-state index is 0.0801. The average molecular weight is 168 g/mol. The molecule has 1 aliphatic heterocycles. The van der Waals surface area contributed by atoms with E-state index in [1.165, 1.54) is 12.1 Å². The minimum atomic E-state index is -0.706. The molecule has 0 fully saturated rings. The number of benzene rings is 1. The molecule has 12 heavy (non-hydrogen) atoms. The van der Waals surface area contributed by atoms with Gasteiger partial charge in [-0.1, -0.05) is 0 Å². The van der Waals surface area contributed by atoms with Crippen molar-refractivity contribution in [3.8, 4) is 0 Å². The molecule has 1 unspecified atom stereocenters. The summed E-state index contributed by atoms with van der Waals surface area (Å²) in [5, 5.41) is 12.1. The van der Waals surface area contributed by atoms with E-state index in [1.807, 2.05) is 0 Å². The fourth-order valence-electron chi connectivity index (χ4n) is 1.37. The molecule has 0 saturated carbocycles. The largest absolute Gasteiger partial charge is 0.396 e. The predicted octanol–water partition coefficient (Wildman–Crippen LogP) is 0.502. The summed E-state index contributed by atoms with van der Waals surface area (Å²) in [5.74, 6) is -0.426. The van der Waals surface area contributed by atoms with Gasteiger partial charge in [-0.2, -0.15) is 0 Å². The smallest absolute Gasteiger partial charge is 0.146 e. The van der Waals surface area contributed by atoms with Crippen LogP contribution in [-0.2, 0) is 6.54 Å². The SMILES string of the molecule is Nc1cc2c(cc1F)CNC2O. The quantitative estimate of drug-likeness (QED) is 0.494. The van der Waals surface area contributed by atoms with Gasteiger partial charge in [-0.3, -0.25) is 5.32 Å². The summed E-state index contributed by atoms with van der Waals surface area (Å²) in [6.45, 7) is 0.494. The van der Waals surface area contributed by atoms with Gasteiger partial charge in [-0.05, 0) is 17.7 Å². The lowest BCUT2D eigenvalue weighted by Gasteiger charge is -2.04. The van der Waals surface area contributed by atoms with Crippen LogP contribution in [0, 0.1) is 5.82 Å². The van der Waals surface area contributed by atoms with Crippen LogP contribution in [0.25, 0.3) is 0 Å². The Kier molecular flexibility index (Phi) is 1.52. The zero-order valence-corrected chi connectivity index (χ0v) is 6.34. The van der Waals surface area contributed by atoms with E-state index in [1.54, 1.807) is 0 Å². The van der Waals surface area contributed by atoms with Crippen molar-refractivity contribution >= 4 is 5.69 Å². The Morgan fingerprint density at radius 3 is 3.08 bits per heavy atom. The first-order valence-electron chi connectivity index (χ1n) is 3.68. The van der Waals surface area contributed by atoms with E-state index in [0.29, 0.717) is 12.1 Å². The number of hydrogen-bond donors (Lipinski definition) is 3. The third kappa shape index (κ3) is 0.964. The predicted molar refractivity (Wildman–Crippen MR) is 42.6 cm³/mol. The maximum Gasteiger partial charge on any atom is 0.146 e. The zero-order valence-electron chi connectivity index (χ0n) is 6.34. The molecule has 2 rings (SSSR count). The van der Waals surface area contributed by atoms with Crippen LogP contribution in [0.15, 0.2) is 12.1 Å². The summed E-state index contributed by atoms with van der Waals surface area (Å²) in [7, 11) is 0. The van der Waals surface area contributed by atoms with Crippen molar-refractivity contribution in [2.24, 2.45) is 0 Å². The molecular formula is C8H9FN2O. The molecular weight excluding hydrogens is 159 g/mol. The monoisotopic (exact) mass is 168 g/mol. The summed E-state index contributed by atoms with van der Waals surface area (Å²) < 4.78 is 12.9. The molecule has 0 saturated heterocycles. The second-order valence-corrected chi connectivity index (χ2v) is 2.86. The molecule has 1 atom stereocenters. The molecule has 0 bridgehead atoms. The number of aliphatic hydroxyl groups is 1. The summed E-state index contributed by atoms with van der Waals surface area (Å²) in [4.78, 5) is 0. The molecule has 1 aromatic rings. The standard InChI is InChI=1S/C8H9FN2O/c9-6-1-4-3-11-8(12)5(4)2-7(6)10/h1-2,8,11-12H,3,10H2. The second-order valence-electron chi connectivity index (χ2n) is 2.86. The number of aliphatic hydroxyl groups excluding tert-OH is 1. The lowest BCUT2D eigenvalue weighted by molar-refractivity contribution is 0.151. The summed E-state index contributed by atoms with van der Waals surface area (Å²) in [6, 6.07) is 2.82. The van der Waals surface area contributed by atoms with E-state index in [0.717, 1.165) is 5.56 Å². The minimum Gasteiger partial charge on any atom is -0.396 e. The van der Waals surface area contributed by atoms with Crippen molar-refractivity contribution in [3.05, 3.63) is 29.1 Å². The highest BCUT2D eigenvalue weighted by atomic mass is 19.1. The van der Waals surface area contributed by atoms with Crippen LogP contribution < -0.4 is 11.1 Å². The van der Waals surface area contributed by atoms with Crippen LogP contribution in [0.1, 0.15) is 17.4 Å². The van der Waals surface area contributed by atoms with Crippen LogP contribution in [-0.4, -0.2) is 5.11 Å². The molecule has 0 aromatic heterocycles. The molecule has 0 aliphatic carbocycles. The number of hydrogen-bond acceptors (Lipinski definition) is 3. The van der Waals surface area contributed by atoms with Gasteiger partial charge in [0.15, 0.2) is 0 Å². The van der Waals surface area contributed by atoms with E-state index in [-0.39, 0.29) is 5.69 Å². The lowest BCUT2D eigenvalue weighted by Crippen LogP contribution is -2.10. The topological polar surface area (TPSA) is 58.3 Å². The number of nitrogen functional groups attached to an aromatic ring is 1. The second kappa shape index (κ2) is 2.43. The molecule has 1 aliphatic rings. The van der Waals surface area contributed by atoms with Crippen molar-refractivity contribution in [2.45, 2.75) is 12.8 Å². The van der Waals surface area contributed by atoms with E-state index in [4.69, 9.17) is 5.73 Å². The molecule has 0 amide bonds. The highest BCUT2D eigenvalue weighted by Crippen LogP contribution is 2.26. The van der Waals surface area contributed by atoms with E-state index in [9.17, 15) is 9.50 Å². The van der Waals surface area contributed by atoms with Gasteiger partial charge >= 0.3 is 0 Å². The molecule has 0 radical (unpaired) electrons. The Labute approximate surface area is 69.0 Å². The van der Waals surface area contributed by atoms with E-state index >= 15 is 0 Å². The van der Waals surface area contributed by atoms with Gasteiger partial charge in [0, 0.05) is 12.1 Å². The molecule has 0 spiro atoms. The third-order valence-electron chi connectivity index (χ3n) is 2.04. The van der Waals surface area contributed by atoms with Gasteiger partial charge in [-0.15, -0.1) is 0 Å². The van der Waals surface area contributed by atoms with Gasteiger partial charge in [0.2, 0.25) is 0 Å². The van der Waals surface area contributed by atoms with Crippen LogP contribution in [0.2, 0.25) is 0 Å². The molecule has 1 aromatic carbocycles. The lowest BCUT2D eigenvalue weighted by atomic mass is 10.1. The van der Waals surface area contributed by atoms with E-state index in [2.05, 4.69) is 5.32 Å². The zero-order chi connectivity index (χ0) is 8.72. The van der Waals surface area contributed by atoms with Gasteiger partial charge in [0.05, 0.1) is 5.69 Å². The first-order chi connectivity index (χ1) is 5.68. The molecule has 3 nitrogen and oxygen atoms in total. The number of halogens is 1. The van der Waals surface area contributed by atoms with Crippen molar-refractivity contribution < 1.29 is 9.50 Å². The number of nitrogens with two attached hydrogens (primary N) is 1. The first-order valence-corrected chi connectivity index (χ1v) is 3.68. The number of rotatable bonds is 0. The fourth-order valence-corrected chi connectivity index (χ4v) is 1.37. The van der Waals surface area contributed by atoms with Gasteiger partial charge < -0.3 is 10.8 Å². The summed E-state index contributed by atoms with van der Waals surface area (Å²) >= 11 is 0. The van der Waals surface area contributed by atoms with Crippen molar-refractivity contribution in [1.82, 2.24) is 5.32 Å². The maximum absolute atomic E-state index is 12.9. The normalized spacial score (nSPS) is 21.0. The average Bonchev–Trinajstić information content (AvgIpc) is 2.35. The van der Waals surface area contributed by atoms with Crippen LogP contribution in [0.4, 0.5) is 10.1 Å². The first kappa shape index (κ1) is 7.52. The molecule has 4 heteroatoms. The van der Waals surface area contributed by atoms with Gasteiger partial charge in [0.1, 0.15) is 12.0 Å². The summed E-state index contributed by atoms with van der Waals surface area (Å²) in [5.41, 5.74) is 6.87. The van der Waals surface area contributed by atoms with Crippen molar-refractivity contribution in [2.75, 3.05) is 5.73 Å². The van der Waals surface area contributed by atoms with E-state index < -0.39 is 12.0 Å². The molecule has 4 N–H and O–H groups in total. The van der Waals surface area contributed by atoms with Crippen molar-refractivity contribution in [1.29, 1.82) is 0 Å². The number of nitrogens with one attached hydrogen (secondary N) is 1. The number of fused-ring (bicyclic) bond motifs is 1. The van der Waals surface area contributed by atoms with Crippen molar-refractivity contribution in [3.63, 3.8) is 0 Å². The number of anilines is 1. The molecule has 64 valence electrons. The Balaban J connectivity index is 2.56. The third-order valence-corrected chi connectivity index (χ3v) is 2.04. The fraction of sp³-hybridized carbons (Fsp3) is 0.250. The molecule has 1 heterocycles. The Morgan fingerprint density at radius 2 is 2.33 bits per heavy atom. The highest BCUT2D eigenvalue weighted by molar-refractivity contribution is 5.48. The van der Waals surface area contributed by atoms with Gasteiger partial charge in [-0.25, -0.2) is 4.39 Å². The summed E-state index contributed by atoms with van der Waals surface area (Å²) in [6.07, 6.45) is -0.706. The Morgan fingerprint density at radius 1 is 1.58 bits per heavy atom. The van der Waals surface area contributed by atoms with Crippen LogP contribution in [0.5, 0.6) is 0 Å². The Hall–Kier alpha value is -1.13. The highest BCUT2D eigenvalue weighted by Gasteiger charge is 2.20. The van der Waals surface area contributed by atoms with Crippen LogP contribution >= 0.6 is 0 Å². The maximum atomic E-state index is 12.9.